The molecule has 0 aromatic heterocycles. The van der Waals surface area contributed by atoms with E-state index < -0.39 is 5.82 Å². The number of hydrogen-bond donors (Lipinski definition) is 1. The van der Waals surface area contributed by atoms with Gasteiger partial charge in [-0.15, -0.1) is 0 Å². The van der Waals surface area contributed by atoms with E-state index in [2.05, 4.69) is 15.9 Å². The van der Waals surface area contributed by atoms with Crippen LogP contribution in [0.4, 0.5) is 10.1 Å². The fourth-order valence-corrected chi connectivity index (χ4v) is 1.08. The molecule has 0 bridgehead atoms. The van der Waals surface area contributed by atoms with Crippen LogP contribution >= 0.6 is 15.9 Å². The normalized spacial score (nSPS) is 9.18. The zero-order valence-electron chi connectivity index (χ0n) is 5.44. The number of rotatable bonds is 0. The van der Waals surface area contributed by atoms with E-state index in [1.54, 1.807) is 6.07 Å². The van der Waals surface area contributed by atoms with Crippen molar-refractivity contribution in [3.8, 4) is 6.07 Å². The largest absolute Gasteiger partial charge is 0.398 e. The SMILES string of the molecule is N#Cc1c(F)ccc(N)c1Br. The molecular weight excluding hydrogens is 211 g/mol. The Labute approximate surface area is 71.6 Å². The fourth-order valence-electron chi connectivity index (χ4n) is 0.671. The summed E-state index contributed by atoms with van der Waals surface area (Å²) in [6.07, 6.45) is 0. The average Bonchev–Trinajstić information content (AvgIpc) is 1.99. The predicted octanol–water partition coefficient (Wildman–Crippen LogP) is 2.04. The van der Waals surface area contributed by atoms with Crippen LogP contribution in [0.25, 0.3) is 0 Å². The van der Waals surface area contributed by atoms with Gasteiger partial charge in [0.05, 0.1) is 4.47 Å². The highest BCUT2D eigenvalue weighted by molar-refractivity contribution is 9.10. The summed E-state index contributed by atoms with van der Waals surface area (Å²) >= 11 is 3.00. The lowest BCUT2D eigenvalue weighted by molar-refractivity contribution is 0.623. The van der Waals surface area contributed by atoms with E-state index in [4.69, 9.17) is 11.0 Å². The van der Waals surface area contributed by atoms with Gasteiger partial charge >= 0.3 is 0 Å². The van der Waals surface area contributed by atoms with E-state index in [0.717, 1.165) is 0 Å². The molecule has 1 rings (SSSR count). The summed E-state index contributed by atoms with van der Waals surface area (Å²) < 4.78 is 13.0. The molecule has 0 amide bonds. The number of halogens is 2. The molecule has 0 saturated carbocycles. The summed E-state index contributed by atoms with van der Waals surface area (Å²) in [6.45, 7) is 0. The number of anilines is 1. The Kier molecular flexibility index (Phi) is 2.11. The number of nitrogen functional groups attached to an aromatic ring is 1. The van der Waals surface area contributed by atoms with Gasteiger partial charge in [0.15, 0.2) is 0 Å². The highest BCUT2D eigenvalue weighted by atomic mass is 79.9. The molecule has 1 aromatic carbocycles. The van der Waals surface area contributed by atoms with Crippen LogP contribution in [0.3, 0.4) is 0 Å². The molecule has 2 nitrogen and oxygen atoms in total. The lowest BCUT2D eigenvalue weighted by Gasteiger charge is -1.99. The Morgan fingerprint density at radius 3 is 2.64 bits per heavy atom. The molecule has 0 spiro atoms. The first-order chi connectivity index (χ1) is 5.16. The summed E-state index contributed by atoms with van der Waals surface area (Å²) in [5.74, 6) is -0.562. The zero-order chi connectivity index (χ0) is 8.43. The molecule has 0 atom stereocenters. The molecule has 0 aliphatic heterocycles. The second-order valence-corrected chi connectivity index (χ2v) is 2.73. The summed E-state index contributed by atoms with van der Waals surface area (Å²) in [5.41, 5.74) is 5.71. The van der Waals surface area contributed by atoms with Crippen LogP contribution in [0.15, 0.2) is 16.6 Å². The molecular formula is C7H4BrFN2. The first-order valence-corrected chi connectivity index (χ1v) is 3.59. The lowest BCUT2D eigenvalue weighted by Crippen LogP contribution is -1.92. The molecule has 0 aliphatic rings. The molecule has 0 aliphatic carbocycles. The van der Waals surface area contributed by atoms with E-state index >= 15 is 0 Å². The molecule has 0 saturated heterocycles. The number of nitrogens with zero attached hydrogens (tertiary/aromatic N) is 1. The first-order valence-electron chi connectivity index (χ1n) is 2.80. The van der Waals surface area contributed by atoms with Crippen LogP contribution in [0.1, 0.15) is 5.56 Å². The van der Waals surface area contributed by atoms with Gasteiger partial charge in [0, 0.05) is 5.69 Å². The lowest BCUT2D eigenvalue weighted by atomic mass is 10.2. The molecule has 0 radical (unpaired) electrons. The second kappa shape index (κ2) is 2.89. The highest BCUT2D eigenvalue weighted by Crippen LogP contribution is 2.25. The molecule has 0 fully saturated rings. The van der Waals surface area contributed by atoms with Crippen molar-refractivity contribution in [2.75, 3.05) is 5.73 Å². The molecule has 4 heteroatoms. The van der Waals surface area contributed by atoms with Crippen molar-refractivity contribution < 1.29 is 4.39 Å². The molecule has 2 N–H and O–H groups in total. The molecule has 56 valence electrons. The molecule has 0 heterocycles. The van der Waals surface area contributed by atoms with Gasteiger partial charge in [-0.25, -0.2) is 4.39 Å². The van der Waals surface area contributed by atoms with E-state index in [-0.39, 0.29) is 5.56 Å². The van der Waals surface area contributed by atoms with Gasteiger partial charge < -0.3 is 5.73 Å². The summed E-state index contributed by atoms with van der Waals surface area (Å²) in [4.78, 5) is 0. The summed E-state index contributed by atoms with van der Waals surface area (Å²) in [7, 11) is 0. The van der Waals surface area contributed by atoms with Crippen LogP contribution in [0.2, 0.25) is 0 Å². The maximum absolute atomic E-state index is 12.7. The van der Waals surface area contributed by atoms with E-state index in [1.807, 2.05) is 0 Å². The third-order valence-corrected chi connectivity index (χ3v) is 2.09. The smallest absolute Gasteiger partial charge is 0.142 e. The monoisotopic (exact) mass is 214 g/mol. The Balaban J connectivity index is 3.44. The first kappa shape index (κ1) is 8.02. The van der Waals surface area contributed by atoms with Gasteiger partial charge in [-0.1, -0.05) is 0 Å². The van der Waals surface area contributed by atoms with Gasteiger partial charge in [0.1, 0.15) is 17.4 Å². The van der Waals surface area contributed by atoms with Crippen molar-refractivity contribution in [2.24, 2.45) is 0 Å². The van der Waals surface area contributed by atoms with E-state index in [1.165, 1.54) is 12.1 Å². The highest BCUT2D eigenvalue weighted by Gasteiger charge is 2.07. The minimum absolute atomic E-state index is 0.0509. The van der Waals surface area contributed by atoms with E-state index in [0.29, 0.717) is 10.2 Å². The molecule has 0 unspecified atom stereocenters. The standard InChI is InChI=1S/C7H4BrFN2/c8-7-4(3-10)5(9)1-2-6(7)11/h1-2H,11H2. The van der Waals surface area contributed by atoms with Crippen molar-refractivity contribution >= 4 is 21.6 Å². The van der Waals surface area contributed by atoms with Gasteiger partial charge in [-0.2, -0.15) is 5.26 Å². The fraction of sp³-hybridized carbons (Fsp3) is 0. The molecule has 11 heavy (non-hydrogen) atoms. The maximum atomic E-state index is 12.7. The third kappa shape index (κ3) is 1.33. The minimum Gasteiger partial charge on any atom is -0.398 e. The van der Waals surface area contributed by atoms with Crippen LogP contribution < -0.4 is 5.73 Å². The number of nitriles is 1. The van der Waals surface area contributed by atoms with Gasteiger partial charge in [0.2, 0.25) is 0 Å². The van der Waals surface area contributed by atoms with E-state index in [9.17, 15) is 4.39 Å². The van der Waals surface area contributed by atoms with Gasteiger partial charge in [0.25, 0.3) is 0 Å². The van der Waals surface area contributed by atoms with Crippen molar-refractivity contribution in [2.45, 2.75) is 0 Å². The average molecular weight is 215 g/mol. The van der Waals surface area contributed by atoms with Crippen LogP contribution in [-0.2, 0) is 0 Å². The molecule has 1 aromatic rings. The second-order valence-electron chi connectivity index (χ2n) is 1.94. The van der Waals surface area contributed by atoms with Crippen molar-refractivity contribution in [1.29, 1.82) is 5.26 Å². The van der Waals surface area contributed by atoms with Crippen molar-refractivity contribution in [1.82, 2.24) is 0 Å². The number of nitrogens with two attached hydrogens (primary N) is 1. The Bertz CT molecular complexity index is 330. The van der Waals surface area contributed by atoms with Crippen molar-refractivity contribution in [3.05, 3.63) is 28.0 Å². The van der Waals surface area contributed by atoms with Crippen LogP contribution in [0.5, 0.6) is 0 Å². The summed E-state index contributed by atoms with van der Waals surface area (Å²) in [5, 5.41) is 8.45. The Morgan fingerprint density at radius 2 is 2.18 bits per heavy atom. The van der Waals surface area contributed by atoms with Crippen LogP contribution in [-0.4, -0.2) is 0 Å². The number of benzene rings is 1. The Morgan fingerprint density at radius 1 is 1.55 bits per heavy atom. The van der Waals surface area contributed by atoms with Crippen molar-refractivity contribution in [3.63, 3.8) is 0 Å². The predicted molar refractivity (Wildman–Crippen MR) is 43.2 cm³/mol. The third-order valence-electron chi connectivity index (χ3n) is 1.23. The quantitative estimate of drug-likeness (QED) is 0.673. The Hall–Kier alpha value is -1.08. The zero-order valence-corrected chi connectivity index (χ0v) is 7.02. The van der Waals surface area contributed by atoms with Gasteiger partial charge in [-0.3, -0.25) is 0 Å². The van der Waals surface area contributed by atoms with Gasteiger partial charge in [-0.05, 0) is 28.1 Å². The van der Waals surface area contributed by atoms with Crippen LogP contribution in [0, 0.1) is 17.1 Å². The maximum Gasteiger partial charge on any atom is 0.142 e. The minimum atomic E-state index is -0.562. The topological polar surface area (TPSA) is 49.8 Å². The number of hydrogen-bond acceptors (Lipinski definition) is 2. The summed E-state index contributed by atoms with van der Waals surface area (Å²) in [6, 6.07) is 4.27.